The molecule has 1 unspecified atom stereocenters. The van der Waals surface area contributed by atoms with Gasteiger partial charge in [0.2, 0.25) is 5.91 Å². The molecule has 0 saturated carbocycles. The highest BCUT2D eigenvalue weighted by molar-refractivity contribution is 5.90. The van der Waals surface area contributed by atoms with E-state index in [1.807, 2.05) is 45.0 Å². The van der Waals surface area contributed by atoms with Gasteiger partial charge in [-0.25, -0.2) is 4.79 Å². The molecule has 23 heavy (non-hydrogen) atoms. The zero-order chi connectivity index (χ0) is 16.8. The predicted octanol–water partition coefficient (Wildman–Crippen LogP) is 2.74. The molecular formula is C18H22N2O3. The van der Waals surface area contributed by atoms with Gasteiger partial charge in [0, 0.05) is 29.4 Å². The third-order valence-corrected chi connectivity index (χ3v) is 4.78. The minimum absolute atomic E-state index is 0.0466. The molecule has 0 fully saturated rings. The molecule has 0 aliphatic carbocycles. The van der Waals surface area contributed by atoms with Gasteiger partial charge in [0.1, 0.15) is 6.04 Å². The number of ether oxygens (including phenoxy) is 1. The van der Waals surface area contributed by atoms with Crippen LogP contribution >= 0.6 is 0 Å². The summed E-state index contributed by atoms with van der Waals surface area (Å²) in [5, 5.41) is 1.10. The molecule has 1 aromatic carbocycles. The lowest BCUT2D eigenvalue weighted by Gasteiger charge is -2.46. The van der Waals surface area contributed by atoms with Gasteiger partial charge in [0.05, 0.1) is 12.6 Å². The summed E-state index contributed by atoms with van der Waals surface area (Å²) in [7, 11) is 1.37. The van der Waals surface area contributed by atoms with Crippen LogP contribution in [0.4, 0.5) is 0 Å². The van der Waals surface area contributed by atoms with E-state index < -0.39 is 11.6 Å². The summed E-state index contributed by atoms with van der Waals surface area (Å²) in [6.07, 6.45) is 0.827. The third-order valence-electron chi connectivity index (χ3n) is 4.78. The zero-order valence-corrected chi connectivity index (χ0v) is 14.0. The fraction of sp³-hybridized carbons (Fsp3) is 0.444. The Hall–Kier alpha value is -2.30. The number of carbonyl (C=O) groups is 2. The van der Waals surface area contributed by atoms with Crippen LogP contribution in [0, 0.1) is 0 Å². The second-order valence-corrected chi connectivity index (χ2v) is 6.44. The van der Waals surface area contributed by atoms with Crippen molar-refractivity contribution in [2.24, 2.45) is 0 Å². The van der Waals surface area contributed by atoms with Crippen LogP contribution in [0.2, 0.25) is 0 Å². The van der Waals surface area contributed by atoms with Crippen molar-refractivity contribution < 1.29 is 14.3 Å². The Balaban J connectivity index is 2.23. The largest absolute Gasteiger partial charge is 0.467 e. The molecule has 1 amide bonds. The minimum atomic E-state index is -0.599. The number of methoxy groups -OCH3 is 1. The predicted molar refractivity (Wildman–Crippen MR) is 88.0 cm³/mol. The van der Waals surface area contributed by atoms with Crippen molar-refractivity contribution in [2.75, 3.05) is 7.11 Å². The van der Waals surface area contributed by atoms with Crippen molar-refractivity contribution in [2.45, 2.75) is 45.2 Å². The molecule has 0 bridgehead atoms. The summed E-state index contributed by atoms with van der Waals surface area (Å²) in [5.41, 5.74) is 2.53. The lowest BCUT2D eigenvalue weighted by molar-refractivity contribution is -0.159. The summed E-state index contributed by atoms with van der Waals surface area (Å²) in [4.78, 5) is 30.0. The fourth-order valence-electron chi connectivity index (χ4n) is 3.71. The topological polar surface area (TPSA) is 62.4 Å². The van der Waals surface area contributed by atoms with Crippen molar-refractivity contribution in [3.05, 3.63) is 35.5 Å². The van der Waals surface area contributed by atoms with E-state index in [-0.39, 0.29) is 11.9 Å². The number of hydrogen-bond acceptors (Lipinski definition) is 3. The first-order chi connectivity index (χ1) is 10.9. The van der Waals surface area contributed by atoms with Gasteiger partial charge in [-0.05, 0) is 25.5 Å². The number of amides is 1. The van der Waals surface area contributed by atoms with Crippen LogP contribution in [0.25, 0.3) is 10.9 Å². The number of para-hydroxylation sites is 1. The Kier molecular flexibility index (Phi) is 3.66. The molecule has 0 saturated heterocycles. The molecule has 2 heterocycles. The van der Waals surface area contributed by atoms with Crippen molar-refractivity contribution in [1.29, 1.82) is 0 Å². The van der Waals surface area contributed by atoms with Crippen LogP contribution in [0.5, 0.6) is 0 Å². The molecule has 5 heteroatoms. The monoisotopic (exact) mass is 314 g/mol. The van der Waals surface area contributed by atoms with Gasteiger partial charge in [0.25, 0.3) is 0 Å². The second kappa shape index (κ2) is 5.41. The molecule has 1 N–H and O–H groups in total. The molecule has 0 radical (unpaired) electrons. The summed E-state index contributed by atoms with van der Waals surface area (Å²) >= 11 is 0. The number of nitrogens with one attached hydrogen (secondary N) is 1. The quantitative estimate of drug-likeness (QED) is 0.867. The number of aromatic nitrogens is 1. The average Bonchev–Trinajstić information content (AvgIpc) is 2.93. The van der Waals surface area contributed by atoms with Gasteiger partial charge in [-0.15, -0.1) is 0 Å². The Labute approximate surface area is 135 Å². The number of fused-ring (bicyclic) bond motifs is 3. The van der Waals surface area contributed by atoms with Gasteiger partial charge in [0.15, 0.2) is 0 Å². The maximum absolute atomic E-state index is 12.5. The number of rotatable bonds is 2. The van der Waals surface area contributed by atoms with Crippen LogP contribution in [-0.4, -0.2) is 34.9 Å². The standard InChI is InChI=1S/C18H22N2O3/c1-5-15(21)20-14(17(22)23-4)10-12-11-8-6-7-9-13(11)19-16(12)18(20,2)3/h6-9,14,19H,5,10H2,1-4H3. The Morgan fingerprint density at radius 3 is 2.70 bits per heavy atom. The second-order valence-electron chi connectivity index (χ2n) is 6.44. The lowest BCUT2D eigenvalue weighted by atomic mass is 9.83. The summed E-state index contributed by atoms with van der Waals surface area (Å²) in [5.74, 6) is -0.412. The van der Waals surface area contributed by atoms with Crippen LogP contribution in [-0.2, 0) is 26.3 Å². The SMILES string of the molecule is CCC(=O)N1C(C(=O)OC)Cc2c([nH]c3ccccc23)C1(C)C. The molecule has 3 rings (SSSR count). The van der Waals surface area contributed by atoms with Crippen molar-refractivity contribution in [1.82, 2.24) is 9.88 Å². The maximum atomic E-state index is 12.5. The van der Waals surface area contributed by atoms with E-state index in [1.165, 1.54) is 7.11 Å². The molecule has 5 nitrogen and oxygen atoms in total. The first kappa shape index (κ1) is 15.6. The van der Waals surface area contributed by atoms with E-state index in [2.05, 4.69) is 4.98 Å². The average molecular weight is 314 g/mol. The first-order valence-electron chi connectivity index (χ1n) is 7.91. The van der Waals surface area contributed by atoms with Crippen LogP contribution < -0.4 is 0 Å². The highest BCUT2D eigenvalue weighted by Crippen LogP contribution is 2.41. The summed E-state index contributed by atoms with van der Waals surface area (Å²) < 4.78 is 4.97. The van der Waals surface area contributed by atoms with Crippen molar-refractivity contribution >= 4 is 22.8 Å². The van der Waals surface area contributed by atoms with Gasteiger partial charge < -0.3 is 14.6 Å². The Morgan fingerprint density at radius 1 is 1.35 bits per heavy atom. The van der Waals surface area contributed by atoms with Crippen LogP contribution in [0.15, 0.2) is 24.3 Å². The number of aromatic amines is 1. The fourth-order valence-corrected chi connectivity index (χ4v) is 3.71. The van der Waals surface area contributed by atoms with Crippen molar-refractivity contribution in [3.63, 3.8) is 0 Å². The first-order valence-corrected chi connectivity index (χ1v) is 7.91. The van der Waals surface area contributed by atoms with E-state index in [0.29, 0.717) is 12.8 Å². The number of H-pyrrole nitrogens is 1. The molecular weight excluding hydrogens is 292 g/mol. The molecule has 1 aliphatic heterocycles. The zero-order valence-electron chi connectivity index (χ0n) is 14.0. The summed E-state index contributed by atoms with van der Waals surface area (Å²) in [6.45, 7) is 5.77. The molecule has 2 aromatic rings. The molecule has 1 atom stereocenters. The highest BCUT2D eigenvalue weighted by atomic mass is 16.5. The smallest absolute Gasteiger partial charge is 0.328 e. The molecule has 0 spiro atoms. The number of benzene rings is 1. The van der Waals surface area contributed by atoms with E-state index in [0.717, 1.165) is 22.2 Å². The van der Waals surface area contributed by atoms with E-state index >= 15 is 0 Å². The number of hydrogen-bond donors (Lipinski definition) is 1. The third kappa shape index (κ3) is 2.22. The Bertz CT molecular complexity index is 776. The summed E-state index contributed by atoms with van der Waals surface area (Å²) in [6, 6.07) is 7.44. The number of esters is 1. The molecule has 1 aromatic heterocycles. The maximum Gasteiger partial charge on any atom is 0.328 e. The minimum Gasteiger partial charge on any atom is -0.467 e. The normalized spacial score (nSPS) is 19.5. The van der Waals surface area contributed by atoms with Crippen molar-refractivity contribution in [3.8, 4) is 0 Å². The van der Waals surface area contributed by atoms with Gasteiger partial charge >= 0.3 is 5.97 Å². The van der Waals surface area contributed by atoms with Crippen LogP contribution in [0.3, 0.4) is 0 Å². The molecule has 122 valence electrons. The van der Waals surface area contributed by atoms with Gasteiger partial charge in [-0.1, -0.05) is 25.1 Å². The van der Waals surface area contributed by atoms with Crippen LogP contribution in [0.1, 0.15) is 38.4 Å². The van der Waals surface area contributed by atoms with E-state index in [9.17, 15) is 9.59 Å². The van der Waals surface area contributed by atoms with E-state index in [1.54, 1.807) is 4.90 Å². The van der Waals surface area contributed by atoms with Gasteiger partial charge in [-0.3, -0.25) is 4.79 Å². The number of carbonyl (C=O) groups excluding carboxylic acids is 2. The number of nitrogens with zero attached hydrogens (tertiary/aromatic N) is 1. The Morgan fingerprint density at radius 2 is 2.04 bits per heavy atom. The van der Waals surface area contributed by atoms with E-state index in [4.69, 9.17) is 4.74 Å². The highest BCUT2D eigenvalue weighted by Gasteiger charge is 2.47. The lowest BCUT2D eigenvalue weighted by Crippen LogP contribution is -2.58. The van der Waals surface area contributed by atoms with Gasteiger partial charge in [-0.2, -0.15) is 0 Å². The molecule has 1 aliphatic rings.